The normalized spacial score (nSPS) is 18.3. The van der Waals surface area contributed by atoms with Gasteiger partial charge in [0.1, 0.15) is 11.7 Å². The third-order valence-corrected chi connectivity index (χ3v) is 4.63. The molecule has 1 N–H and O–H groups in total. The van der Waals surface area contributed by atoms with E-state index in [4.69, 9.17) is 0 Å². The number of halogens is 1. The van der Waals surface area contributed by atoms with Crippen LogP contribution >= 0.6 is 0 Å². The zero-order chi connectivity index (χ0) is 18.0. The van der Waals surface area contributed by atoms with E-state index < -0.39 is 5.92 Å². The first-order valence-corrected chi connectivity index (χ1v) is 8.40. The van der Waals surface area contributed by atoms with E-state index >= 15 is 0 Å². The molecule has 0 bridgehead atoms. The molecule has 25 heavy (non-hydrogen) atoms. The van der Waals surface area contributed by atoms with Crippen molar-refractivity contribution in [2.45, 2.75) is 26.3 Å². The molecule has 2 aromatic carbocycles. The van der Waals surface area contributed by atoms with E-state index in [1.54, 1.807) is 24.0 Å². The number of anilines is 1. The van der Waals surface area contributed by atoms with Crippen LogP contribution in [0.1, 0.15) is 30.5 Å². The highest BCUT2D eigenvalue weighted by atomic mass is 19.1. The van der Waals surface area contributed by atoms with Crippen molar-refractivity contribution in [3.63, 3.8) is 0 Å². The van der Waals surface area contributed by atoms with E-state index in [1.165, 1.54) is 6.07 Å². The van der Waals surface area contributed by atoms with Crippen LogP contribution in [-0.4, -0.2) is 18.4 Å². The van der Waals surface area contributed by atoms with Gasteiger partial charge in [-0.3, -0.25) is 9.59 Å². The van der Waals surface area contributed by atoms with E-state index in [1.807, 2.05) is 37.3 Å². The molecule has 2 amide bonds. The van der Waals surface area contributed by atoms with Gasteiger partial charge in [0.05, 0.1) is 6.04 Å². The monoisotopic (exact) mass is 340 g/mol. The summed E-state index contributed by atoms with van der Waals surface area (Å²) >= 11 is 0. The van der Waals surface area contributed by atoms with Crippen LogP contribution < -0.4 is 10.2 Å². The molecule has 0 radical (unpaired) electrons. The molecule has 2 atom stereocenters. The van der Waals surface area contributed by atoms with Crippen LogP contribution in [0.25, 0.3) is 0 Å². The van der Waals surface area contributed by atoms with Crippen LogP contribution in [-0.2, 0) is 9.59 Å². The summed E-state index contributed by atoms with van der Waals surface area (Å²) < 4.78 is 13.4. The Balaban J connectivity index is 1.69. The van der Waals surface area contributed by atoms with Crippen LogP contribution in [0, 0.1) is 18.7 Å². The molecule has 5 heteroatoms. The lowest BCUT2D eigenvalue weighted by Crippen LogP contribution is -2.38. The summed E-state index contributed by atoms with van der Waals surface area (Å²) in [5.41, 5.74) is 2.11. The van der Waals surface area contributed by atoms with Crippen LogP contribution in [0.2, 0.25) is 0 Å². The molecule has 1 aliphatic heterocycles. The zero-order valence-electron chi connectivity index (χ0n) is 14.3. The fourth-order valence-corrected chi connectivity index (χ4v) is 3.12. The van der Waals surface area contributed by atoms with E-state index in [9.17, 15) is 14.0 Å². The van der Waals surface area contributed by atoms with Crippen molar-refractivity contribution in [2.75, 3.05) is 11.4 Å². The molecule has 4 nitrogen and oxygen atoms in total. The maximum absolute atomic E-state index is 13.4. The molecule has 0 aromatic heterocycles. The average molecular weight is 340 g/mol. The smallest absolute Gasteiger partial charge is 0.239 e. The number of benzene rings is 2. The van der Waals surface area contributed by atoms with Gasteiger partial charge in [-0.25, -0.2) is 4.39 Å². The van der Waals surface area contributed by atoms with Gasteiger partial charge in [0.15, 0.2) is 0 Å². The van der Waals surface area contributed by atoms with Crippen molar-refractivity contribution < 1.29 is 14.0 Å². The summed E-state index contributed by atoms with van der Waals surface area (Å²) in [5, 5.41) is 2.91. The number of nitrogens with zero attached hydrogens (tertiary/aromatic N) is 1. The maximum Gasteiger partial charge on any atom is 0.239 e. The van der Waals surface area contributed by atoms with Crippen molar-refractivity contribution in [3.8, 4) is 0 Å². The van der Waals surface area contributed by atoms with Gasteiger partial charge in [0.25, 0.3) is 0 Å². The third-order valence-electron chi connectivity index (χ3n) is 4.63. The van der Waals surface area contributed by atoms with Gasteiger partial charge in [-0.2, -0.15) is 0 Å². The number of carbonyl (C=O) groups excluding carboxylic acids is 2. The van der Waals surface area contributed by atoms with Gasteiger partial charge in [-0.05, 0) is 49.6 Å². The topological polar surface area (TPSA) is 49.4 Å². The number of aryl methyl sites for hydroxylation is 1. The lowest BCUT2D eigenvalue weighted by atomic mass is 10.0. The highest BCUT2D eigenvalue weighted by Gasteiger charge is 2.38. The third kappa shape index (κ3) is 3.55. The Morgan fingerprint density at radius 2 is 1.96 bits per heavy atom. The van der Waals surface area contributed by atoms with Gasteiger partial charge < -0.3 is 10.2 Å². The number of hydrogen-bond donors (Lipinski definition) is 1. The van der Waals surface area contributed by atoms with E-state index in [-0.39, 0.29) is 23.7 Å². The van der Waals surface area contributed by atoms with Crippen LogP contribution in [0.15, 0.2) is 48.5 Å². The summed E-state index contributed by atoms with van der Waals surface area (Å²) in [6, 6.07) is 14.0. The van der Waals surface area contributed by atoms with Gasteiger partial charge in [0.2, 0.25) is 11.8 Å². The molecule has 2 aromatic rings. The Morgan fingerprint density at radius 1 is 1.24 bits per heavy atom. The zero-order valence-corrected chi connectivity index (χ0v) is 14.3. The second-order valence-corrected chi connectivity index (χ2v) is 6.41. The highest BCUT2D eigenvalue weighted by Crippen LogP contribution is 2.27. The minimum absolute atomic E-state index is 0.163. The fraction of sp³-hybridized carbons (Fsp3) is 0.300. The average Bonchev–Trinajstić information content (AvgIpc) is 2.99. The molecule has 130 valence electrons. The molecule has 1 heterocycles. The van der Waals surface area contributed by atoms with Gasteiger partial charge in [-0.1, -0.05) is 30.3 Å². The summed E-state index contributed by atoms with van der Waals surface area (Å²) in [6.07, 6.45) is 0.461. The van der Waals surface area contributed by atoms with Crippen LogP contribution in [0.3, 0.4) is 0 Å². The quantitative estimate of drug-likeness (QED) is 0.868. The summed E-state index contributed by atoms with van der Waals surface area (Å²) in [5.74, 6) is -1.50. The van der Waals surface area contributed by atoms with Gasteiger partial charge in [-0.15, -0.1) is 0 Å². The second-order valence-electron chi connectivity index (χ2n) is 6.41. The van der Waals surface area contributed by atoms with E-state index in [0.29, 0.717) is 24.2 Å². The Labute approximate surface area is 146 Å². The predicted octanol–water partition coefficient (Wildman–Crippen LogP) is 3.36. The van der Waals surface area contributed by atoms with Crippen molar-refractivity contribution >= 4 is 17.5 Å². The van der Waals surface area contributed by atoms with Crippen LogP contribution in [0.5, 0.6) is 0 Å². The Kier molecular flexibility index (Phi) is 4.83. The minimum Gasteiger partial charge on any atom is -0.349 e. The summed E-state index contributed by atoms with van der Waals surface area (Å²) in [4.78, 5) is 26.7. The summed E-state index contributed by atoms with van der Waals surface area (Å²) in [7, 11) is 0. The number of nitrogens with one attached hydrogen (secondary N) is 1. The van der Waals surface area contributed by atoms with E-state index in [0.717, 1.165) is 5.56 Å². The lowest BCUT2D eigenvalue weighted by molar-refractivity contribution is -0.132. The largest absolute Gasteiger partial charge is 0.349 e. The van der Waals surface area contributed by atoms with Crippen molar-refractivity contribution in [2.24, 2.45) is 5.92 Å². The number of carbonyl (C=O) groups is 2. The summed E-state index contributed by atoms with van der Waals surface area (Å²) in [6.45, 7) is 4.01. The van der Waals surface area contributed by atoms with Crippen molar-refractivity contribution in [1.82, 2.24) is 5.32 Å². The SMILES string of the molecule is Cc1cc(N2CCC(C(=O)NC(C)c3ccccc3)C2=O)ccc1F. The molecule has 0 aliphatic carbocycles. The van der Waals surface area contributed by atoms with Crippen molar-refractivity contribution in [1.29, 1.82) is 0 Å². The molecule has 0 spiro atoms. The molecular formula is C20H21FN2O2. The lowest BCUT2D eigenvalue weighted by Gasteiger charge is -2.19. The molecule has 1 aliphatic rings. The first-order valence-electron chi connectivity index (χ1n) is 8.40. The highest BCUT2D eigenvalue weighted by molar-refractivity contribution is 6.09. The Bertz CT molecular complexity index is 792. The number of rotatable bonds is 4. The van der Waals surface area contributed by atoms with E-state index in [2.05, 4.69) is 5.32 Å². The second kappa shape index (κ2) is 7.05. The Morgan fingerprint density at radius 3 is 2.64 bits per heavy atom. The van der Waals surface area contributed by atoms with Crippen LogP contribution in [0.4, 0.5) is 10.1 Å². The van der Waals surface area contributed by atoms with Crippen molar-refractivity contribution in [3.05, 3.63) is 65.5 Å². The molecule has 0 saturated carbocycles. The first-order chi connectivity index (χ1) is 12.0. The molecule has 1 saturated heterocycles. The Hall–Kier alpha value is -2.69. The standard InChI is InChI=1S/C20H21FN2O2/c1-13-12-16(8-9-18(13)21)23-11-10-17(20(23)25)19(24)22-14(2)15-6-4-3-5-7-15/h3-9,12,14,17H,10-11H2,1-2H3,(H,22,24). The fourth-order valence-electron chi connectivity index (χ4n) is 3.12. The first kappa shape index (κ1) is 17.1. The predicted molar refractivity (Wildman–Crippen MR) is 94.6 cm³/mol. The van der Waals surface area contributed by atoms with Gasteiger partial charge >= 0.3 is 0 Å². The molecule has 2 unspecified atom stereocenters. The minimum atomic E-state index is -0.698. The molecule has 3 rings (SSSR count). The number of amides is 2. The maximum atomic E-state index is 13.4. The molecular weight excluding hydrogens is 319 g/mol. The molecule has 1 fully saturated rings. The number of hydrogen-bond acceptors (Lipinski definition) is 2. The van der Waals surface area contributed by atoms with Gasteiger partial charge in [0, 0.05) is 12.2 Å².